The Kier molecular flexibility index (Phi) is 24.4. The first kappa shape index (κ1) is 32.1. The summed E-state index contributed by atoms with van der Waals surface area (Å²) in [6.07, 6.45) is 0.833. The molecule has 11 nitrogen and oxygen atoms in total. The zero-order valence-electron chi connectivity index (χ0n) is 16.5. The molecule has 0 saturated heterocycles. The Morgan fingerprint density at radius 3 is 1.23 bits per heavy atom. The van der Waals surface area contributed by atoms with Crippen LogP contribution in [0.5, 0.6) is 0 Å². The fourth-order valence-corrected chi connectivity index (χ4v) is 4.25. The number of hydrogen-bond donors (Lipinski definition) is 5. The molecule has 158 valence electrons. The molecule has 0 radical (unpaired) electrons. The molecule has 2 unspecified atom stereocenters. The molecule has 0 aromatic rings. The summed E-state index contributed by atoms with van der Waals surface area (Å²) in [4.78, 5) is 27.0. The Morgan fingerprint density at radius 2 is 1.12 bits per heavy atom. The van der Waals surface area contributed by atoms with Crippen LogP contribution in [0, 0.1) is 0 Å². The highest BCUT2D eigenvalue weighted by Crippen LogP contribution is 2.29. The van der Waals surface area contributed by atoms with Crippen LogP contribution in [0.2, 0.25) is 5.54 Å². The molecule has 0 aliphatic heterocycles. The van der Waals surface area contributed by atoms with E-state index in [2.05, 4.69) is 0 Å². The molecule has 0 bridgehead atoms. The summed E-state index contributed by atoms with van der Waals surface area (Å²) in [6, 6.07) is -0.147. The van der Waals surface area contributed by atoms with Gasteiger partial charge in [-0.25, -0.2) is 0 Å². The minimum atomic E-state index is -2.64. The first-order valence-corrected chi connectivity index (χ1v) is 9.31. The summed E-state index contributed by atoms with van der Waals surface area (Å²) < 4.78 is 16.1. The maximum absolute atomic E-state index is 9.00. The number of nitrogens with two attached hydrogens (primary N) is 2. The monoisotopic (exact) mass is 402 g/mol. The lowest BCUT2D eigenvalue weighted by Crippen LogP contribution is -2.55. The van der Waals surface area contributed by atoms with E-state index in [9.17, 15) is 0 Å². The third-order valence-electron chi connectivity index (χ3n) is 2.54. The Labute approximate surface area is 155 Å². The summed E-state index contributed by atoms with van der Waals surface area (Å²) in [6.45, 7) is 5.68. The van der Waals surface area contributed by atoms with Crippen molar-refractivity contribution in [1.82, 2.24) is 0 Å². The van der Waals surface area contributed by atoms with Crippen LogP contribution in [-0.2, 0) is 27.7 Å². The first-order chi connectivity index (χ1) is 11.8. The van der Waals surface area contributed by atoms with E-state index in [-0.39, 0.29) is 11.6 Å². The third kappa shape index (κ3) is 22.4. The van der Waals surface area contributed by atoms with Crippen LogP contribution >= 0.6 is 0 Å². The average molecular weight is 403 g/mol. The van der Waals surface area contributed by atoms with Crippen molar-refractivity contribution in [1.29, 1.82) is 0 Å². The average Bonchev–Trinajstić information content (AvgIpc) is 2.50. The Bertz CT molecular complexity index is 331. The second-order valence-corrected chi connectivity index (χ2v) is 7.86. The summed E-state index contributed by atoms with van der Waals surface area (Å²) >= 11 is 0. The molecule has 2 atom stereocenters. The lowest BCUT2D eigenvalue weighted by Gasteiger charge is -2.34. The van der Waals surface area contributed by atoms with Gasteiger partial charge in [0.05, 0.1) is 0 Å². The number of carbonyl (C=O) groups is 3. The van der Waals surface area contributed by atoms with Crippen molar-refractivity contribution in [2.75, 3.05) is 27.9 Å². The van der Waals surface area contributed by atoms with Crippen LogP contribution in [-0.4, -0.2) is 75.9 Å². The molecule has 0 saturated carbocycles. The SMILES string of the molecule is CC(=O)O.CC(=O)O.CC(=O)O.CCC(C(N)CN)[Si](OC)(OC)OC. The van der Waals surface area contributed by atoms with Gasteiger partial charge in [-0.1, -0.05) is 6.92 Å². The van der Waals surface area contributed by atoms with Gasteiger partial charge in [-0.2, -0.15) is 0 Å². The normalized spacial score (nSPS) is 11.9. The fourth-order valence-electron chi connectivity index (χ4n) is 1.68. The zero-order valence-corrected chi connectivity index (χ0v) is 17.5. The van der Waals surface area contributed by atoms with Crippen molar-refractivity contribution in [3.05, 3.63) is 0 Å². The van der Waals surface area contributed by atoms with Crippen LogP contribution in [0.3, 0.4) is 0 Å². The molecule has 0 aromatic heterocycles. The Morgan fingerprint density at radius 1 is 0.885 bits per heavy atom. The summed E-state index contributed by atoms with van der Waals surface area (Å²) in [5, 5.41) is 22.2. The minimum absolute atomic E-state index is 0.0486. The molecule has 0 aliphatic carbocycles. The molecule has 12 heteroatoms. The van der Waals surface area contributed by atoms with E-state index in [1.54, 1.807) is 21.3 Å². The molecule has 0 spiro atoms. The van der Waals surface area contributed by atoms with Crippen LogP contribution in [0.25, 0.3) is 0 Å². The lowest BCUT2D eigenvalue weighted by atomic mass is 10.2. The van der Waals surface area contributed by atoms with Crippen molar-refractivity contribution in [3.8, 4) is 0 Å². The van der Waals surface area contributed by atoms with Crippen molar-refractivity contribution in [2.45, 2.75) is 45.7 Å². The molecular weight excluding hydrogens is 368 g/mol. The Balaban J connectivity index is -0.000000164. The van der Waals surface area contributed by atoms with E-state index in [0.717, 1.165) is 27.2 Å². The van der Waals surface area contributed by atoms with E-state index in [1.165, 1.54) is 0 Å². The van der Waals surface area contributed by atoms with Gasteiger partial charge in [0, 0.05) is 60.2 Å². The van der Waals surface area contributed by atoms with Crippen molar-refractivity contribution in [3.63, 3.8) is 0 Å². The van der Waals surface area contributed by atoms with Gasteiger partial charge in [-0.3, -0.25) is 14.4 Å². The third-order valence-corrected chi connectivity index (χ3v) is 5.99. The maximum Gasteiger partial charge on any atom is 0.505 e. The predicted octanol–water partition coefficient (Wildman–Crippen LogP) is 0.203. The van der Waals surface area contributed by atoms with Gasteiger partial charge in [-0.05, 0) is 6.42 Å². The molecule has 0 aromatic carbocycles. The van der Waals surface area contributed by atoms with E-state index in [0.29, 0.717) is 6.54 Å². The molecule has 0 amide bonds. The van der Waals surface area contributed by atoms with Crippen LogP contribution in [0.15, 0.2) is 0 Å². The van der Waals surface area contributed by atoms with E-state index in [1.807, 2.05) is 6.92 Å². The first-order valence-electron chi connectivity index (χ1n) is 7.51. The highest BCUT2D eigenvalue weighted by Gasteiger charge is 2.48. The molecule has 7 N–H and O–H groups in total. The molecule has 0 aliphatic rings. The van der Waals surface area contributed by atoms with Crippen LogP contribution in [0.4, 0.5) is 0 Å². The van der Waals surface area contributed by atoms with Crippen LogP contribution < -0.4 is 11.5 Å². The molecule has 0 rings (SSSR count). The predicted molar refractivity (Wildman–Crippen MR) is 97.8 cm³/mol. The van der Waals surface area contributed by atoms with E-state index in [4.69, 9.17) is 54.4 Å². The topological polar surface area (TPSA) is 192 Å². The molecule has 26 heavy (non-hydrogen) atoms. The van der Waals surface area contributed by atoms with Crippen molar-refractivity contribution < 1.29 is 43.0 Å². The van der Waals surface area contributed by atoms with Gasteiger partial charge in [0.15, 0.2) is 0 Å². The van der Waals surface area contributed by atoms with Crippen molar-refractivity contribution in [2.24, 2.45) is 11.5 Å². The number of rotatable bonds is 7. The number of aliphatic carboxylic acids is 3. The minimum Gasteiger partial charge on any atom is -0.481 e. The summed E-state index contributed by atoms with van der Waals surface area (Å²) in [5.74, 6) is -2.50. The molecular formula is C14H34N2O9Si. The highest BCUT2D eigenvalue weighted by molar-refractivity contribution is 6.62. The summed E-state index contributed by atoms with van der Waals surface area (Å²) in [5.41, 5.74) is 11.5. The molecule has 0 fully saturated rings. The second kappa shape index (κ2) is 19.7. The molecule has 0 heterocycles. The van der Waals surface area contributed by atoms with Crippen molar-refractivity contribution >= 4 is 26.7 Å². The quantitative estimate of drug-likeness (QED) is 0.365. The van der Waals surface area contributed by atoms with E-state index >= 15 is 0 Å². The fraction of sp³-hybridized carbons (Fsp3) is 0.786. The summed E-state index contributed by atoms with van der Waals surface area (Å²) in [7, 11) is 2.13. The largest absolute Gasteiger partial charge is 0.505 e. The zero-order chi connectivity index (χ0) is 21.9. The van der Waals surface area contributed by atoms with Gasteiger partial charge >= 0.3 is 8.80 Å². The van der Waals surface area contributed by atoms with Gasteiger partial charge in [0.25, 0.3) is 17.9 Å². The smallest absolute Gasteiger partial charge is 0.481 e. The number of hydrogen-bond acceptors (Lipinski definition) is 8. The highest BCUT2D eigenvalue weighted by atomic mass is 28.4. The van der Waals surface area contributed by atoms with Crippen LogP contribution in [0.1, 0.15) is 34.1 Å². The second-order valence-electron chi connectivity index (χ2n) is 4.69. The Hall–Kier alpha value is -1.57. The van der Waals surface area contributed by atoms with Gasteiger partial charge in [0.2, 0.25) is 0 Å². The number of carboxylic acids is 3. The van der Waals surface area contributed by atoms with Gasteiger partial charge < -0.3 is 40.1 Å². The lowest BCUT2D eigenvalue weighted by molar-refractivity contribution is -0.135. The van der Waals surface area contributed by atoms with E-state index < -0.39 is 26.7 Å². The van der Waals surface area contributed by atoms with Gasteiger partial charge in [-0.15, -0.1) is 0 Å². The van der Waals surface area contributed by atoms with Gasteiger partial charge in [0.1, 0.15) is 0 Å². The number of carboxylic acid groups (broad SMARTS) is 3. The standard InChI is InChI=1S/C8H22N2O3Si.3C2H4O2/c1-5-8(7(10)6-9)14(11-2,12-3)13-4;3*1-2(3)4/h7-8H,5-6,9-10H2,1-4H3;3*1H3,(H,3,4). The maximum atomic E-state index is 9.00.